The lowest BCUT2D eigenvalue weighted by Crippen LogP contribution is -2.35. The number of rotatable bonds is 7. The standard InChI is InChI=1S/C17H19ClNO4P/c1-12(19-22-11-13-9-10-13)17(20)23-24(18,21)16-8-4-6-14-5-2-3-7-15(14)16/h2-8,12-13,19H,9-11H2,1H3/t12-,24?/m0/s1. The monoisotopic (exact) mass is 367 g/mol. The maximum atomic E-state index is 12.8. The minimum Gasteiger partial charge on any atom is -0.396 e. The number of carbonyl (C=O) groups excluding carboxylic acids is 1. The van der Waals surface area contributed by atoms with Gasteiger partial charge in [-0.2, -0.15) is 5.48 Å². The van der Waals surface area contributed by atoms with Gasteiger partial charge in [-0.25, -0.2) is 4.79 Å². The van der Waals surface area contributed by atoms with Gasteiger partial charge in [0.2, 0.25) is 0 Å². The predicted molar refractivity (Wildman–Crippen MR) is 94.4 cm³/mol. The van der Waals surface area contributed by atoms with Crippen LogP contribution in [0.15, 0.2) is 42.5 Å². The topological polar surface area (TPSA) is 64.6 Å². The summed E-state index contributed by atoms with van der Waals surface area (Å²) in [5.41, 5.74) is 2.61. The smallest absolute Gasteiger partial charge is 0.369 e. The first-order valence-corrected chi connectivity index (χ1v) is 10.4. The molecule has 0 amide bonds. The average Bonchev–Trinajstić information content (AvgIpc) is 3.38. The van der Waals surface area contributed by atoms with E-state index in [0.29, 0.717) is 23.2 Å². The summed E-state index contributed by atoms with van der Waals surface area (Å²) in [6.07, 6.45) is 2.30. The fraction of sp³-hybridized carbons (Fsp3) is 0.353. The third kappa shape index (κ3) is 4.17. The van der Waals surface area contributed by atoms with Crippen molar-refractivity contribution in [1.82, 2.24) is 5.48 Å². The molecule has 1 aliphatic rings. The molecule has 0 aromatic heterocycles. The van der Waals surface area contributed by atoms with E-state index in [1.165, 1.54) is 0 Å². The van der Waals surface area contributed by atoms with Crippen molar-refractivity contribution in [1.29, 1.82) is 0 Å². The molecule has 0 radical (unpaired) electrons. The summed E-state index contributed by atoms with van der Waals surface area (Å²) in [5, 5.41) is 1.91. The van der Waals surface area contributed by atoms with E-state index >= 15 is 0 Å². The molecule has 0 bridgehead atoms. The third-order valence-electron chi connectivity index (χ3n) is 3.89. The number of fused-ring (bicyclic) bond motifs is 1. The second-order valence-corrected chi connectivity index (χ2v) is 8.94. The normalized spacial score (nSPS) is 18.1. The Morgan fingerprint density at radius 1 is 1.29 bits per heavy atom. The molecule has 24 heavy (non-hydrogen) atoms. The van der Waals surface area contributed by atoms with Gasteiger partial charge in [0, 0.05) is 0 Å². The highest BCUT2D eigenvalue weighted by Crippen LogP contribution is 2.52. The lowest BCUT2D eigenvalue weighted by Gasteiger charge is -2.17. The number of hydrogen-bond acceptors (Lipinski definition) is 5. The summed E-state index contributed by atoms with van der Waals surface area (Å²) >= 11 is 6.12. The Labute approximate surface area is 145 Å². The van der Waals surface area contributed by atoms with Gasteiger partial charge in [0.05, 0.1) is 11.9 Å². The number of hydrogen-bond donors (Lipinski definition) is 1. The van der Waals surface area contributed by atoms with Gasteiger partial charge in [-0.15, -0.1) is 0 Å². The van der Waals surface area contributed by atoms with Crippen molar-refractivity contribution >= 4 is 40.0 Å². The van der Waals surface area contributed by atoms with E-state index in [4.69, 9.17) is 20.6 Å². The van der Waals surface area contributed by atoms with E-state index in [2.05, 4.69) is 5.48 Å². The van der Waals surface area contributed by atoms with Crippen LogP contribution in [0.4, 0.5) is 0 Å². The maximum Gasteiger partial charge on any atom is 0.369 e. The Morgan fingerprint density at radius 2 is 2.00 bits per heavy atom. The number of carbonyl (C=O) groups is 1. The van der Waals surface area contributed by atoms with Crippen LogP contribution < -0.4 is 10.8 Å². The Kier molecular flexibility index (Phi) is 5.26. The Hall–Kier alpha value is -1.39. The summed E-state index contributed by atoms with van der Waals surface area (Å²) in [6, 6.07) is 11.9. The predicted octanol–water partition coefficient (Wildman–Crippen LogP) is 3.76. The molecular weight excluding hydrogens is 349 g/mol. The number of halogens is 1. The molecule has 3 rings (SSSR count). The highest BCUT2D eigenvalue weighted by Gasteiger charge is 2.31. The Bertz CT molecular complexity index is 788. The van der Waals surface area contributed by atoms with Gasteiger partial charge in [-0.3, -0.25) is 4.57 Å². The van der Waals surface area contributed by atoms with Crippen LogP contribution in [0.2, 0.25) is 0 Å². The van der Waals surface area contributed by atoms with Crippen LogP contribution in [0.1, 0.15) is 19.8 Å². The van der Waals surface area contributed by atoms with Gasteiger partial charge in [-0.05, 0) is 53.8 Å². The second-order valence-electron chi connectivity index (χ2n) is 5.98. The van der Waals surface area contributed by atoms with E-state index < -0.39 is 18.7 Å². The largest absolute Gasteiger partial charge is 0.396 e. The molecule has 2 aromatic rings. The minimum absolute atomic E-state index is 0.321. The van der Waals surface area contributed by atoms with Gasteiger partial charge < -0.3 is 9.36 Å². The summed E-state index contributed by atoms with van der Waals surface area (Å²) in [6.45, 7) is -1.68. The minimum atomic E-state index is -3.81. The molecule has 1 unspecified atom stereocenters. The molecule has 128 valence electrons. The molecule has 5 nitrogen and oxygen atoms in total. The first kappa shape index (κ1) is 17.4. The van der Waals surface area contributed by atoms with Crippen LogP contribution in [0.5, 0.6) is 0 Å². The van der Waals surface area contributed by atoms with Crippen LogP contribution >= 0.6 is 18.0 Å². The molecule has 1 aliphatic carbocycles. The van der Waals surface area contributed by atoms with Gasteiger partial charge >= 0.3 is 12.7 Å². The summed E-state index contributed by atoms with van der Waals surface area (Å²) in [5.74, 6) is -0.146. The molecule has 1 saturated carbocycles. The molecule has 0 spiro atoms. The molecular formula is C17H19ClNO4P. The van der Waals surface area contributed by atoms with Crippen LogP contribution in [0, 0.1) is 5.92 Å². The lowest BCUT2D eigenvalue weighted by atomic mass is 10.1. The van der Waals surface area contributed by atoms with E-state index in [1.54, 1.807) is 25.1 Å². The van der Waals surface area contributed by atoms with Crippen molar-refractivity contribution in [2.45, 2.75) is 25.8 Å². The Balaban J connectivity index is 1.69. The van der Waals surface area contributed by atoms with Crippen LogP contribution in [-0.2, 0) is 18.7 Å². The van der Waals surface area contributed by atoms with E-state index in [9.17, 15) is 9.36 Å². The Morgan fingerprint density at radius 3 is 2.75 bits per heavy atom. The second kappa shape index (κ2) is 7.24. The van der Waals surface area contributed by atoms with Crippen molar-refractivity contribution in [3.8, 4) is 0 Å². The van der Waals surface area contributed by atoms with Crippen molar-refractivity contribution in [2.75, 3.05) is 6.61 Å². The molecule has 2 aromatic carbocycles. The fourth-order valence-electron chi connectivity index (χ4n) is 2.31. The zero-order chi connectivity index (χ0) is 17.2. The quantitative estimate of drug-likeness (QED) is 0.596. The van der Waals surface area contributed by atoms with Gasteiger partial charge in [0.25, 0.3) is 0 Å². The van der Waals surface area contributed by atoms with Gasteiger partial charge in [0.15, 0.2) is 0 Å². The molecule has 1 N–H and O–H groups in total. The number of hydroxylamine groups is 1. The number of nitrogens with one attached hydrogen (secondary N) is 1. The third-order valence-corrected chi connectivity index (χ3v) is 6.02. The summed E-state index contributed by atoms with van der Waals surface area (Å²) < 4.78 is 17.9. The molecule has 0 heterocycles. The van der Waals surface area contributed by atoms with Gasteiger partial charge in [0.1, 0.15) is 6.04 Å². The average molecular weight is 368 g/mol. The molecule has 1 fully saturated rings. The van der Waals surface area contributed by atoms with Crippen molar-refractivity contribution in [2.24, 2.45) is 5.92 Å². The zero-order valence-corrected chi connectivity index (χ0v) is 14.9. The fourth-order valence-corrected chi connectivity index (χ4v) is 4.20. The summed E-state index contributed by atoms with van der Waals surface area (Å²) in [4.78, 5) is 17.4. The molecule has 2 atom stereocenters. The number of benzene rings is 2. The van der Waals surface area contributed by atoms with E-state index in [-0.39, 0.29) is 0 Å². The van der Waals surface area contributed by atoms with E-state index in [0.717, 1.165) is 18.2 Å². The zero-order valence-electron chi connectivity index (χ0n) is 13.3. The van der Waals surface area contributed by atoms with Crippen molar-refractivity contribution < 1.29 is 18.7 Å². The van der Waals surface area contributed by atoms with Crippen molar-refractivity contribution in [3.05, 3.63) is 42.5 Å². The summed E-state index contributed by atoms with van der Waals surface area (Å²) in [7, 11) is 0. The lowest BCUT2D eigenvalue weighted by molar-refractivity contribution is -0.140. The van der Waals surface area contributed by atoms with E-state index in [1.807, 2.05) is 24.3 Å². The van der Waals surface area contributed by atoms with Crippen LogP contribution in [-0.4, -0.2) is 18.6 Å². The first-order valence-electron chi connectivity index (χ1n) is 7.86. The van der Waals surface area contributed by atoms with Crippen LogP contribution in [0.25, 0.3) is 10.8 Å². The highest BCUT2D eigenvalue weighted by molar-refractivity contribution is 7.92. The SMILES string of the molecule is C[C@H](NOCC1CC1)C(=O)OP(=O)(Cl)c1cccc2ccccc12. The molecule has 7 heteroatoms. The molecule has 0 saturated heterocycles. The van der Waals surface area contributed by atoms with Gasteiger partial charge in [-0.1, -0.05) is 36.4 Å². The molecule has 0 aliphatic heterocycles. The maximum absolute atomic E-state index is 12.8. The van der Waals surface area contributed by atoms with Crippen LogP contribution in [0.3, 0.4) is 0 Å². The van der Waals surface area contributed by atoms with Crippen molar-refractivity contribution in [3.63, 3.8) is 0 Å². The first-order chi connectivity index (χ1) is 11.5. The highest BCUT2D eigenvalue weighted by atomic mass is 35.7.